The fourth-order valence-electron chi connectivity index (χ4n) is 3.34. The SMILES string of the molecule is CCOC(=O)C1(CCCO[Si](C)(C)C(C)(C)C)C(=C(F)F)CCN1C(=O)OC(C)(C)C. The minimum Gasteiger partial charge on any atom is -0.464 e. The molecule has 0 aliphatic carbocycles. The van der Waals surface area contributed by atoms with Gasteiger partial charge in [-0.15, -0.1) is 0 Å². The highest BCUT2D eigenvalue weighted by atomic mass is 28.4. The number of ether oxygens (including phenoxy) is 2. The van der Waals surface area contributed by atoms with Crippen molar-refractivity contribution in [3.05, 3.63) is 11.7 Å². The predicted octanol–water partition coefficient (Wildman–Crippen LogP) is 5.88. The van der Waals surface area contributed by atoms with E-state index >= 15 is 0 Å². The van der Waals surface area contributed by atoms with Crippen LogP contribution in [-0.2, 0) is 18.7 Å². The molecular formula is C22H39F2NO5Si. The standard InChI is InChI=1S/C22H39F2NO5Si/c1-10-28-18(26)22(13-11-15-29-31(8,9)21(5,6)7)16(17(23)24)12-14-25(22)19(27)30-20(2,3)4/h10-15H2,1-9H3. The third-order valence-corrected chi connectivity index (χ3v) is 10.5. The number of hydrogen-bond acceptors (Lipinski definition) is 5. The topological polar surface area (TPSA) is 65.1 Å². The van der Waals surface area contributed by atoms with Gasteiger partial charge in [0.1, 0.15) is 5.60 Å². The lowest BCUT2D eigenvalue weighted by molar-refractivity contribution is -0.154. The molecule has 1 unspecified atom stereocenters. The van der Waals surface area contributed by atoms with Crippen LogP contribution in [0.2, 0.25) is 18.1 Å². The number of amides is 1. The maximum atomic E-state index is 13.9. The Morgan fingerprint density at radius 3 is 2.16 bits per heavy atom. The van der Waals surface area contributed by atoms with Crippen LogP contribution in [0.3, 0.4) is 0 Å². The van der Waals surface area contributed by atoms with Crippen LogP contribution in [0.25, 0.3) is 0 Å². The summed E-state index contributed by atoms with van der Waals surface area (Å²) >= 11 is 0. The summed E-state index contributed by atoms with van der Waals surface area (Å²) in [7, 11) is -2.04. The highest BCUT2D eigenvalue weighted by molar-refractivity contribution is 6.74. The van der Waals surface area contributed by atoms with Gasteiger partial charge in [0.15, 0.2) is 13.9 Å². The van der Waals surface area contributed by atoms with Gasteiger partial charge in [0, 0.05) is 18.7 Å². The monoisotopic (exact) mass is 463 g/mol. The molecule has 1 rings (SSSR count). The van der Waals surface area contributed by atoms with Crippen LogP contribution in [0.15, 0.2) is 11.7 Å². The van der Waals surface area contributed by atoms with E-state index in [0.29, 0.717) is 13.0 Å². The largest absolute Gasteiger partial charge is 0.464 e. The first-order valence-electron chi connectivity index (χ1n) is 10.9. The smallest absolute Gasteiger partial charge is 0.411 e. The summed E-state index contributed by atoms with van der Waals surface area (Å²) in [4.78, 5) is 27.0. The Bertz CT molecular complexity index is 693. The van der Waals surface area contributed by atoms with Crippen molar-refractivity contribution in [3.63, 3.8) is 0 Å². The van der Waals surface area contributed by atoms with Gasteiger partial charge in [-0.25, -0.2) is 9.59 Å². The van der Waals surface area contributed by atoms with E-state index in [1.807, 2.05) is 0 Å². The quantitative estimate of drug-likeness (QED) is 0.268. The summed E-state index contributed by atoms with van der Waals surface area (Å²) in [6, 6.07) is 0. The molecule has 1 heterocycles. The zero-order valence-corrected chi connectivity index (χ0v) is 21.5. The molecule has 1 aliphatic rings. The normalized spacial score (nSPS) is 20.1. The molecule has 0 N–H and O–H groups in total. The summed E-state index contributed by atoms with van der Waals surface area (Å²) in [6.45, 7) is 17.5. The van der Waals surface area contributed by atoms with Crippen LogP contribution >= 0.6 is 0 Å². The fourth-order valence-corrected chi connectivity index (χ4v) is 4.43. The van der Waals surface area contributed by atoms with Gasteiger partial charge in [-0.05, 0) is 65.1 Å². The summed E-state index contributed by atoms with van der Waals surface area (Å²) in [5.41, 5.74) is -3.08. The van der Waals surface area contributed by atoms with Gasteiger partial charge >= 0.3 is 12.1 Å². The van der Waals surface area contributed by atoms with E-state index in [0.717, 1.165) is 4.90 Å². The number of hydrogen-bond donors (Lipinski definition) is 0. The van der Waals surface area contributed by atoms with Gasteiger partial charge in [-0.2, -0.15) is 8.78 Å². The highest BCUT2D eigenvalue weighted by Crippen LogP contribution is 2.43. The molecule has 1 aliphatic heterocycles. The molecule has 180 valence electrons. The molecule has 1 atom stereocenters. The van der Waals surface area contributed by atoms with E-state index in [2.05, 4.69) is 33.9 Å². The third-order valence-electron chi connectivity index (χ3n) is 5.95. The summed E-state index contributed by atoms with van der Waals surface area (Å²) < 4.78 is 44.6. The maximum absolute atomic E-state index is 13.9. The minimum atomic E-state index is -2.04. The lowest BCUT2D eigenvalue weighted by Gasteiger charge is -2.39. The lowest BCUT2D eigenvalue weighted by Crippen LogP contribution is -2.56. The first kappa shape index (κ1) is 27.6. The van der Waals surface area contributed by atoms with E-state index in [-0.39, 0.29) is 36.6 Å². The second-order valence-electron chi connectivity index (χ2n) is 10.4. The summed E-state index contributed by atoms with van der Waals surface area (Å²) in [5, 5.41) is -0.00214. The van der Waals surface area contributed by atoms with Crippen molar-refractivity contribution in [3.8, 4) is 0 Å². The van der Waals surface area contributed by atoms with E-state index < -0.39 is 37.6 Å². The van der Waals surface area contributed by atoms with Crippen LogP contribution in [0, 0.1) is 0 Å². The van der Waals surface area contributed by atoms with Gasteiger partial charge in [0.25, 0.3) is 6.08 Å². The molecule has 6 nitrogen and oxygen atoms in total. The van der Waals surface area contributed by atoms with Crippen molar-refractivity contribution in [1.29, 1.82) is 0 Å². The molecule has 0 aromatic heterocycles. The van der Waals surface area contributed by atoms with Gasteiger partial charge in [0.05, 0.1) is 6.61 Å². The molecule has 1 amide bonds. The first-order valence-corrected chi connectivity index (χ1v) is 13.8. The number of rotatable bonds is 7. The Labute approximate surface area is 186 Å². The number of esters is 1. The zero-order chi connectivity index (χ0) is 24.3. The number of halogens is 2. The number of likely N-dealkylation sites (tertiary alicyclic amines) is 1. The number of carbonyl (C=O) groups excluding carboxylic acids is 2. The molecule has 9 heteroatoms. The fraction of sp³-hybridized carbons (Fsp3) is 0.818. The Hall–Kier alpha value is -1.48. The van der Waals surface area contributed by atoms with Crippen LogP contribution in [-0.4, -0.2) is 56.2 Å². The van der Waals surface area contributed by atoms with Crippen molar-refractivity contribution < 1.29 is 32.3 Å². The molecule has 0 saturated carbocycles. The Balaban J connectivity index is 3.24. The van der Waals surface area contributed by atoms with Crippen LogP contribution in [0.5, 0.6) is 0 Å². The van der Waals surface area contributed by atoms with E-state index in [1.54, 1.807) is 27.7 Å². The minimum absolute atomic E-state index is 0.00214. The molecular weight excluding hydrogens is 424 g/mol. The Morgan fingerprint density at radius 2 is 1.71 bits per heavy atom. The molecule has 0 spiro atoms. The van der Waals surface area contributed by atoms with Crippen molar-refractivity contribution in [2.24, 2.45) is 0 Å². The summed E-state index contributed by atoms with van der Waals surface area (Å²) in [6.07, 6.45) is -2.57. The van der Waals surface area contributed by atoms with Crippen molar-refractivity contribution in [2.75, 3.05) is 19.8 Å². The Morgan fingerprint density at radius 1 is 1.13 bits per heavy atom. The number of nitrogens with zero attached hydrogens (tertiary/aromatic N) is 1. The van der Waals surface area contributed by atoms with Gasteiger partial charge in [-0.1, -0.05) is 20.8 Å². The summed E-state index contributed by atoms with van der Waals surface area (Å²) in [5.74, 6) is -0.853. The Kier molecular flexibility index (Phi) is 8.87. The second-order valence-corrected chi connectivity index (χ2v) is 15.2. The van der Waals surface area contributed by atoms with E-state index in [4.69, 9.17) is 13.9 Å². The molecule has 1 fully saturated rings. The molecule has 0 aromatic rings. The van der Waals surface area contributed by atoms with Gasteiger partial charge in [0.2, 0.25) is 0 Å². The van der Waals surface area contributed by atoms with Gasteiger partial charge < -0.3 is 13.9 Å². The van der Waals surface area contributed by atoms with Crippen molar-refractivity contribution in [1.82, 2.24) is 4.90 Å². The van der Waals surface area contributed by atoms with Gasteiger partial charge in [-0.3, -0.25) is 4.90 Å². The highest BCUT2D eigenvalue weighted by Gasteiger charge is 2.57. The molecule has 0 radical (unpaired) electrons. The predicted molar refractivity (Wildman–Crippen MR) is 119 cm³/mol. The second kappa shape index (κ2) is 9.98. The molecule has 1 saturated heterocycles. The zero-order valence-electron chi connectivity index (χ0n) is 20.5. The van der Waals surface area contributed by atoms with Crippen molar-refractivity contribution >= 4 is 20.4 Å². The van der Waals surface area contributed by atoms with Crippen LogP contribution in [0.4, 0.5) is 13.6 Å². The van der Waals surface area contributed by atoms with Crippen molar-refractivity contribution in [2.45, 2.75) is 97.0 Å². The molecule has 0 bridgehead atoms. The molecule has 31 heavy (non-hydrogen) atoms. The number of carbonyl (C=O) groups is 2. The lowest BCUT2D eigenvalue weighted by atomic mass is 9.86. The average Bonchev–Trinajstić information content (AvgIpc) is 2.97. The van der Waals surface area contributed by atoms with E-state index in [1.165, 1.54) is 0 Å². The first-order chi connectivity index (χ1) is 14.0. The van der Waals surface area contributed by atoms with E-state index in [9.17, 15) is 18.4 Å². The van der Waals surface area contributed by atoms with Crippen LogP contribution < -0.4 is 0 Å². The van der Waals surface area contributed by atoms with Crippen LogP contribution in [0.1, 0.15) is 67.7 Å². The molecule has 0 aromatic carbocycles. The maximum Gasteiger partial charge on any atom is 0.411 e. The average molecular weight is 464 g/mol. The third kappa shape index (κ3) is 6.51.